The van der Waals surface area contributed by atoms with Crippen LogP contribution in [0, 0.1) is 0 Å². The molecule has 0 spiro atoms. The van der Waals surface area contributed by atoms with E-state index in [1.165, 1.54) is 0 Å². The molecule has 8 heteroatoms. The lowest BCUT2D eigenvalue weighted by Gasteiger charge is -2.24. The van der Waals surface area contributed by atoms with E-state index in [1.807, 2.05) is 31.2 Å². The Hall–Kier alpha value is -2.87. The van der Waals surface area contributed by atoms with Gasteiger partial charge in [0.1, 0.15) is 6.54 Å². The average molecular weight is 399 g/mol. The van der Waals surface area contributed by atoms with Gasteiger partial charge in [-0.05, 0) is 50.5 Å². The molecule has 1 unspecified atom stereocenters. The largest absolute Gasteiger partial charge is 0.373 e. The molecule has 0 saturated carbocycles. The van der Waals surface area contributed by atoms with Crippen molar-refractivity contribution in [1.82, 2.24) is 20.4 Å². The molecule has 3 N–H and O–H groups in total. The van der Waals surface area contributed by atoms with Crippen molar-refractivity contribution in [2.24, 2.45) is 4.99 Å². The average Bonchev–Trinajstić information content (AvgIpc) is 3.36. The molecule has 29 heavy (non-hydrogen) atoms. The zero-order valence-corrected chi connectivity index (χ0v) is 17.1. The van der Waals surface area contributed by atoms with Gasteiger partial charge in [0.2, 0.25) is 5.91 Å². The van der Waals surface area contributed by atoms with Crippen LogP contribution in [0.2, 0.25) is 0 Å². The quantitative estimate of drug-likeness (QED) is 0.468. The number of nitrogens with one attached hydrogen (secondary N) is 3. The molecular formula is C21H30N6O2. The van der Waals surface area contributed by atoms with Gasteiger partial charge in [-0.3, -0.25) is 9.48 Å². The van der Waals surface area contributed by atoms with E-state index in [4.69, 9.17) is 4.74 Å². The van der Waals surface area contributed by atoms with E-state index >= 15 is 0 Å². The molecule has 1 aliphatic heterocycles. The number of aromatic nitrogens is 2. The molecule has 156 valence electrons. The second-order valence-corrected chi connectivity index (χ2v) is 7.40. The summed E-state index contributed by atoms with van der Waals surface area (Å²) in [6.45, 7) is 7.20. The first-order valence-corrected chi connectivity index (χ1v) is 10.1. The Morgan fingerprint density at radius 1 is 1.34 bits per heavy atom. The number of amides is 1. The highest BCUT2D eigenvalue weighted by Crippen LogP contribution is 2.23. The van der Waals surface area contributed by atoms with Gasteiger partial charge >= 0.3 is 0 Å². The van der Waals surface area contributed by atoms with Crippen molar-refractivity contribution >= 4 is 17.6 Å². The number of benzene rings is 1. The zero-order chi connectivity index (χ0) is 20.5. The van der Waals surface area contributed by atoms with Crippen LogP contribution < -0.4 is 16.0 Å². The smallest absolute Gasteiger partial charge is 0.246 e. The van der Waals surface area contributed by atoms with Crippen LogP contribution in [0.1, 0.15) is 32.3 Å². The minimum atomic E-state index is -0.130. The minimum absolute atomic E-state index is 0.117. The van der Waals surface area contributed by atoms with Crippen LogP contribution >= 0.6 is 0 Å². The lowest BCUT2D eigenvalue weighted by atomic mass is 10.0. The lowest BCUT2D eigenvalue weighted by molar-refractivity contribution is -0.116. The highest BCUT2D eigenvalue weighted by Gasteiger charge is 2.29. The van der Waals surface area contributed by atoms with Gasteiger partial charge in [0, 0.05) is 37.8 Å². The molecule has 1 aliphatic rings. The summed E-state index contributed by atoms with van der Waals surface area (Å²) in [5, 5.41) is 13.6. The fourth-order valence-corrected chi connectivity index (χ4v) is 3.25. The molecule has 8 nitrogen and oxygen atoms in total. The van der Waals surface area contributed by atoms with E-state index in [2.05, 4.69) is 33.0 Å². The van der Waals surface area contributed by atoms with Crippen LogP contribution in [-0.2, 0) is 22.6 Å². The summed E-state index contributed by atoms with van der Waals surface area (Å²) in [5.74, 6) is 0.645. The van der Waals surface area contributed by atoms with E-state index in [-0.39, 0.29) is 18.1 Å². The summed E-state index contributed by atoms with van der Waals surface area (Å²) in [4.78, 5) is 16.8. The fraction of sp³-hybridized carbons (Fsp3) is 0.476. The molecule has 0 aliphatic carbocycles. The molecule has 0 radical (unpaired) electrons. The molecule has 1 aromatic carbocycles. The minimum Gasteiger partial charge on any atom is -0.373 e. The zero-order valence-electron chi connectivity index (χ0n) is 17.1. The second kappa shape index (κ2) is 10.1. The maximum absolute atomic E-state index is 12.2. The summed E-state index contributed by atoms with van der Waals surface area (Å²) in [7, 11) is 0. The van der Waals surface area contributed by atoms with Crippen molar-refractivity contribution in [3.63, 3.8) is 0 Å². The number of carbonyl (C=O) groups is 1. The third kappa shape index (κ3) is 6.60. The topological polar surface area (TPSA) is 92.6 Å². The van der Waals surface area contributed by atoms with Crippen LogP contribution in [0.4, 0.5) is 5.69 Å². The van der Waals surface area contributed by atoms with Crippen molar-refractivity contribution < 1.29 is 9.53 Å². The van der Waals surface area contributed by atoms with Gasteiger partial charge in [-0.1, -0.05) is 12.1 Å². The standard InChI is InChI=1S/C21H30N6O2/c1-3-22-20(24-16-21(2)9-5-12-29-21)23-14-17-7-4-8-18(13-17)26-19(28)15-27-11-6-10-25-27/h4,6-8,10-11,13H,3,5,9,12,14-16H2,1-2H3,(H,26,28)(H2,22,23,24). The Bertz CT molecular complexity index is 812. The Labute approximate surface area is 171 Å². The second-order valence-electron chi connectivity index (χ2n) is 7.40. The van der Waals surface area contributed by atoms with Crippen molar-refractivity contribution in [3.05, 3.63) is 48.3 Å². The van der Waals surface area contributed by atoms with Gasteiger partial charge in [-0.15, -0.1) is 0 Å². The SMILES string of the molecule is CCNC(=NCc1cccc(NC(=O)Cn2cccn2)c1)NCC1(C)CCCO1. The maximum Gasteiger partial charge on any atom is 0.246 e. The molecular weight excluding hydrogens is 368 g/mol. The van der Waals surface area contributed by atoms with Gasteiger partial charge in [-0.25, -0.2) is 4.99 Å². The van der Waals surface area contributed by atoms with Crippen LogP contribution in [0.25, 0.3) is 0 Å². The first-order valence-electron chi connectivity index (χ1n) is 10.1. The monoisotopic (exact) mass is 398 g/mol. The third-order valence-corrected chi connectivity index (χ3v) is 4.77. The van der Waals surface area contributed by atoms with Gasteiger partial charge in [0.15, 0.2) is 5.96 Å². The summed E-state index contributed by atoms with van der Waals surface area (Å²) in [5.41, 5.74) is 1.64. The summed E-state index contributed by atoms with van der Waals surface area (Å²) in [6.07, 6.45) is 5.57. The van der Waals surface area contributed by atoms with Crippen molar-refractivity contribution in [1.29, 1.82) is 0 Å². The Kier molecular flexibility index (Phi) is 7.24. The van der Waals surface area contributed by atoms with E-state index in [9.17, 15) is 4.79 Å². The van der Waals surface area contributed by atoms with Gasteiger partial charge in [-0.2, -0.15) is 5.10 Å². The third-order valence-electron chi connectivity index (χ3n) is 4.77. The number of carbonyl (C=O) groups excluding carboxylic acids is 1. The fourth-order valence-electron chi connectivity index (χ4n) is 3.25. The Balaban J connectivity index is 1.56. The lowest BCUT2D eigenvalue weighted by Crippen LogP contribution is -2.45. The number of hydrogen-bond donors (Lipinski definition) is 3. The number of aliphatic imine (C=N–C) groups is 1. The Morgan fingerprint density at radius 3 is 2.97 bits per heavy atom. The van der Waals surface area contributed by atoms with Crippen LogP contribution in [0.15, 0.2) is 47.7 Å². The summed E-state index contributed by atoms with van der Waals surface area (Å²) < 4.78 is 7.42. The highest BCUT2D eigenvalue weighted by atomic mass is 16.5. The van der Waals surface area contributed by atoms with Crippen LogP contribution in [-0.4, -0.2) is 46.9 Å². The number of guanidine groups is 1. The number of ether oxygens (including phenoxy) is 1. The van der Waals surface area contributed by atoms with Crippen molar-refractivity contribution in [2.45, 2.75) is 45.4 Å². The molecule has 1 saturated heterocycles. The first kappa shape index (κ1) is 20.9. The van der Waals surface area contributed by atoms with E-state index in [1.54, 1.807) is 23.1 Å². The molecule has 2 heterocycles. The molecule has 1 atom stereocenters. The number of hydrogen-bond acceptors (Lipinski definition) is 4. The molecule has 1 fully saturated rings. The summed E-state index contributed by atoms with van der Waals surface area (Å²) >= 11 is 0. The van der Waals surface area contributed by atoms with Gasteiger partial charge in [0.25, 0.3) is 0 Å². The molecule has 2 aromatic rings. The van der Waals surface area contributed by atoms with Gasteiger partial charge < -0.3 is 20.7 Å². The number of anilines is 1. The Morgan fingerprint density at radius 2 is 2.24 bits per heavy atom. The maximum atomic E-state index is 12.2. The van der Waals surface area contributed by atoms with Crippen molar-refractivity contribution in [2.75, 3.05) is 25.0 Å². The molecule has 3 rings (SSSR count). The molecule has 1 aromatic heterocycles. The summed E-state index contributed by atoms with van der Waals surface area (Å²) in [6, 6.07) is 9.52. The van der Waals surface area contributed by atoms with E-state index < -0.39 is 0 Å². The highest BCUT2D eigenvalue weighted by molar-refractivity contribution is 5.90. The number of rotatable bonds is 8. The van der Waals surface area contributed by atoms with Crippen molar-refractivity contribution in [3.8, 4) is 0 Å². The predicted octanol–water partition coefficient (Wildman–Crippen LogP) is 2.15. The normalized spacial score (nSPS) is 19.2. The predicted molar refractivity (Wildman–Crippen MR) is 114 cm³/mol. The van der Waals surface area contributed by atoms with Gasteiger partial charge in [0.05, 0.1) is 12.1 Å². The molecule has 0 bridgehead atoms. The van der Waals surface area contributed by atoms with E-state index in [0.717, 1.165) is 49.7 Å². The van der Waals surface area contributed by atoms with Crippen LogP contribution in [0.3, 0.4) is 0 Å². The first-order chi connectivity index (χ1) is 14.1. The molecule has 1 amide bonds. The number of nitrogens with zero attached hydrogens (tertiary/aromatic N) is 3. The van der Waals surface area contributed by atoms with Crippen LogP contribution in [0.5, 0.6) is 0 Å². The van der Waals surface area contributed by atoms with E-state index in [0.29, 0.717) is 6.54 Å².